The number of hydrogen-bond donors (Lipinski definition) is 1. The second-order valence-electron chi connectivity index (χ2n) is 3.95. The smallest absolute Gasteiger partial charge is 0.274 e. The van der Waals surface area contributed by atoms with E-state index in [1.54, 1.807) is 24.5 Å². The van der Waals surface area contributed by atoms with Crippen molar-refractivity contribution in [2.45, 2.75) is 6.42 Å². The second kappa shape index (κ2) is 4.74. The van der Waals surface area contributed by atoms with E-state index in [1.807, 2.05) is 18.2 Å². The van der Waals surface area contributed by atoms with Gasteiger partial charge in [0.15, 0.2) is 5.82 Å². The van der Waals surface area contributed by atoms with Gasteiger partial charge < -0.3 is 9.51 Å². The highest BCUT2D eigenvalue weighted by Gasteiger charge is 2.11. The highest BCUT2D eigenvalue weighted by molar-refractivity contribution is 5.49. The SMILES string of the molecule is N#Cc1ccc(-c2nc(Cc3ccncc3)no2)[nH]1. The van der Waals surface area contributed by atoms with Crippen molar-refractivity contribution in [2.75, 3.05) is 0 Å². The molecule has 0 saturated heterocycles. The fraction of sp³-hybridized carbons (Fsp3) is 0.0769. The van der Waals surface area contributed by atoms with E-state index in [2.05, 4.69) is 20.1 Å². The van der Waals surface area contributed by atoms with Crippen molar-refractivity contribution in [1.82, 2.24) is 20.1 Å². The van der Waals surface area contributed by atoms with Crippen LogP contribution in [-0.4, -0.2) is 20.1 Å². The Morgan fingerprint density at radius 3 is 2.79 bits per heavy atom. The topological polar surface area (TPSA) is 91.4 Å². The first-order chi connectivity index (χ1) is 9.35. The monoisotopic (exact) mass is 251 g/mol. The van der Waals surface area contributed by atoms with Crippen LogP contribution in [0.3, 0.4) is 0 Å². The van der Waals surface area contributed by atoms with E-state index in [9.17, 15) is 0 Å². The van der Waals surface area contributed by atoms with Gasteiger partial charge in [-0.05, 0) is 29.8 Å². The molecule has 19 heavy (non-hydrogen) atoms. The summed E-state index contributed by atoms with van der Waals surface area (Å²) >= 11 is 0. The van der Waals surface area contributed by atoms with Crippen LogP contribution in [0.2, 0.25) is 0 Å². The summed E-state index contributed by atoms with van der Waals surface area (Å²) in [6.45, 7) is 0. The van der Waals surface area contributed by atoms with Gasteiger partial charge in [0.2, 0.25) is 0 Å². The minimum absolute atomic E-state index is 0.380. The Morgan fingerprint density at radius 1 is 1.21 bits per heavy atom. The number of hydrogen-bond acceptors (Lipinski definition) is 5. The number of nitriles is 1. The van der Waals surface area contributed by atoms with Crippen LogP contribution in [0.25, 0.3) is 11.6 Å². The minimum atomic E-state index is 0.380. The molecule has 6 nitrogen and oxygen atoms in total. The number of nitrogens with one attached hydrogen (secondary N) is 1. The quantitative estimate of drug-likeness (QED) is 0.767. The molecule has 0 aliphatic rings. The van der Waals surface area contributed by atoms with Crippen molar-refractivity contribution in [1.29, 1.82) is 5.26 Å². The van der Waals surface area contributed by atoms with E-state index in [-0.39, 0.29) is 0 Å². The van der Waals surface area contributed by atoms with Gasteiger partial charge in [0.25, 0.3) is 5.89 Å². The lowest BCUT2D eigenvalue weighted by atomic mass is 10.2. The number of aromatic nitrogens is 4. The Labute approximate surface area is 108 Å². The Morgan fingerprint density at radius 2 is 2.05 bits per heavy atom. The first kappa shape index (κ1) is 11.2. The van der Waals surface area contributed by atoms with Crippen LogP contribution in [0.5, 0.6) is 0 Å². The third kappa shape index (κ3) is 2.35. The first-order valence-corrected chi connectivity index (χ1v) is 5.66. The van der Waals surface area contributed by atoms with Crippen molar-refractivity contribution in [3.8, 4) is 17.7 Å². The van der Waals surface area contributed by atoms with Crippen LogP contribution in [0, 0.1) is 11.3 Å². The van der Waals surface area contributed by atoms with Gasteiger partial charge in [-0.1, -0.05) is 5.16 Å². The lowest BCUT2D eigenvalue weighted by molar-refractivity contribution is 0.423. The van der Waals surface area contributed by atoms with E-state index in [0.717, 1.165) is 5.56 Å². The van der Waals surface area contributed by atoms with Crippen LogP contribution >= 0.6 is 0 Å². The summed E-state index contributed by atoms with van der Waals surface area (Å²) < 4.78 is 5.16. The first-order valence-electron chi connectivity index (χ1n) is 5.66. The van der Waals surface area contributed by atoms with Gasteiger partial charge in [0.05, 0.1) is 0 Å². The van der Waals surface area contributed by atoms with E-state index in [1.165, 1.54) is 0 Å². The van der Waals surface area contributed by atoms with Crippen molar-refractivity contribution in [3.05, 3.63) is 53.7 Å². The van der Waals surface area contributed by atoms with Crippen molar-refractivity contribution in [2.24, 2.45) is 0 Å². The average Bonchev–Trinajstić information content (AvgIpc) is 3.08. The van der Waals surface area contributed by atoms with Gasteiger partial charge in [0, 0.05) is 18.8 Å². The maximum atomic E-state index is 8.74. The van der Waals surface area contributed by atoms with Crippen molar-refractivity contribution < 1.29 is 4.52 Å². The molecule has 0 unspecified atom stereocenters. The lowest BCUT2D eigenvalue weighted by Crippen LogP contribution is -1.90. The molecule has 0 saturated carbocycles. The molecule has 0 bridgehead atoms. The van der Waals surface area contributed by atoms with Crippen LogP contribution in [0.4, 0.5) is 0 Å². The maximum absolute atomic E-state index is 8.74. The molecule has 6 heteroatoms. The van der Waals surface area contributed by atoms with Gasteiger partial charge in [-0.3, -0.25) is 4.98 Å². The zero-order valence-electron chi connectivity index (χ0n) is 9.87. The number of H-pyrrole nitrogens is 1. The summed E-state index contributed by atoms with van der Waals surface area (Å²) in [5, 5.41) is 12.7. The Kier molecular flexibility index (Phi) is 2.79. The average molecular weight is 251 g/mol. The predicted octanol–water partition coefficient (Wildman–Crippen LogP) is 1.92. The minimum Gasteiger partial charge on any atom is -0.342 e. The molecule has 1 N–H and O–H groups in total. The molecule has 0 radical (unpaired) electrons. The molecule has 3 heterocycles. The molecule has 3 rings (SSSR count). The zero-order valence-corrected chi connectivity index (χ0v) is 9.87. The lowest BCUT2D eigenvalue weighted by Gasteiger charge is -1.93. The molecule has 3 aromatic heterocycles. The van der Waals surface area contributed by atoms with Crippen LogP contribution in [0.15, 0.2) is 41.2 Å². The summed E-state index contributed by atoms with van der Waals surface area (Å²) in [5.41, 5.74) is 2.17. The van der Waals surface area contributed by atoms with Crippen molar-refractivity contribution >= 4 is 0 Å². The van der Waals surface area contributed by atoms with E-state index in [4.69, 9.17) is 9.78 Å². The molecular weight excluding hydrogens is 242 g/mol. The Bertz CT molecular complexity index is 723. The molecule has 0 spiro atoms. The zero-order chi connectivity index (χ0) is 13.1. The van der Waals surface area contributed by atoms with Gasteiger partial charge in [0.1, 0.15) is 17.5 Å². The molecule has 0 aliphatic carbocycles. The molecule has 0 amide bonds. The van der Waals surface area contributed by atoms with E-state index in [0.29, 0.717) is 29.5 Å². The summed E-state index contributed by atoms with van der Waals surface area (Å²) in [6, 6.07) is 9.22. The highest BCUT2D eigenvalue weighted by atomic mass is 16.5. The summed E-state index contributed by atoms with van der Waals surface area (Å²) in [4.78, 5) is 11.1. The van der Waals surface area contributed by atoms with Gasteiger partial charge in [-0.15, -0.1) is 0 Å². The molecule has 0 atom stereocenters. The van der Waals surface area contributed by atoms with E-state index >= 15 is 0 Å². The number of rotatable bonds is 3. The second-order valence-corrected chi connectivity index (χ2v) is 3.95. The normalized spacial score (nSPS) is 10.3. The molecule has 0 fully saturated rings. The summed E-state index contributed by atoms with van der Waals surface area (Å²) in [6.07, 6.45) is 4.03. The summed E-state index contributed by atoms with van der Waals surface area (Å²) in [7, 11) is 0. The molecular formula is C13H9N5O. The van der Waals surface area contributed by atoms with Crippen molar-refractivity contribution in [3.63, 3.8) is 0 Å². The fourth-order valence-corrected chi connectivity index (χ4v) is 1.70. The van der Waals surface area contributed by atoms with Gasteiger partial charge >= 0.3 is 0 Å². The van der Waals surface area contributed by atoms with Crippen LogP contribution < -0.4 is 0 Å². The Hall–Kier alpha value is -2.94. The van der Waals surface area contributed by atoms with E-state index < -0.39 is 0 Å². The van der Waals surface area contributed by atoms with Crippen LogP contribution in [-0.2, 0) is 6.42 Å². The van der Waals surface area contributed by atoms with Gasteiger partial charge in [-0.2, -0.15) is 10.2 Å². The highest BCUT2D eigenvalue weighted by Crippen LogP contribution is 2.17. The van der Waals surface area contributed by atoms with Gasteiger partial charge in [-0.25, -0.2) is 0 Å². The fourth-order valence-electron chi connectivity index (χ4n) is 1.70. The molecule has 3 aromatic rings. The number of pyridine rings is 1. The molecule has 92 valence electrons. The third-order valence-electron chi connectivity index (χ3n) is 2.62. The largest absolute Gasteiger partial charge is 0.342 e. The number of nitrogens with zero attached hydrogens (tertiary/aromatic N) is 4. The molecule has 0 aromatic carbocycles. The Balaban J connectivity index is 1.82. The van der Waals surface area contributed by atoms with Crippen LogP contribution in [0.1, 0.15) is 17.1 Å². The third-order valence-corrected chi connectivity index (χ3v) is 2.62. The summed E-state index contributed by atoms with van der Waals surface area (Å²) in [5.74, 6) is 0.972. The number of aromatic amines is 1. The maximum Gasteiger partial charge on any atom is 0.274 e. The predicted molar refractivity (Wildman–Crippen MR) is 65.8 cm³/mol. The standard InChI is InChI=1S/C13H9N5O/c14-8-10-1-2-11(16-10)13-17-12(18-19-13)7-9-3-5-15-6-4-9/h1-6,16H,7H2. The molecule has 0 aliphatic heterocycles.